The summed E-state index contributed by atoms with van der Waals surface area (Å²) in [4.78, 5) is 17.3. The van der Waals surface area contributed by atoms with Crippen molar-refractivity contribution in [3.8, 4) is 0 Å². The van der Waals surface area contributed by atoms with Gasteiger partial charge in [0.15, 0.2) is 0 Å². The minimum Gasteiger partial charge on any atom is -0.319 e. The molecule has 19 heavy (non-hydrogen) atoms. The molecule has 0 aliphatic rings. The first-order chi connectivity index (χ1) is 8.96. The molecule has 1 aromatic heterocycles. The minimum atomic E-state index is -3.50. The van der Waals surface area contributed by atoms with Gasteiger partial charge >= 0.3 is 6.03 Å². The molecule has 0 aliphatic carbocycles. The highest BCUT2D eigenvalue weighted by Gasteiger charge is 2.21. The third-order valence-electron chi connectivity index (χ3n) is 2.44. The fraction of sp³-hybridized carbons (Fsp3) is 0.545. The quantitative estimate of drug-likeness (QED) is 0.726. The van der Waals surface area contributed by atoms with E-state index < -0.39 is 15.9 Å². The molecular formula is C11H18N4O3S. The summed E-state index contributed by atoms with van der Waals surface area (Å²) in [5, 5.41) is 3.41. The third-order valence-corrected chi connectivity index (χ3v) is 3.94. The summed E-state index contributed by atoms with van der Waals surface area (Å²) in [7, 11) is -3.50. The zero-order valence-corrected chi connectivity index (χ0v) is 11.9. The predicted octanol–water partition coefficient (Wildman–Crippen LogP) is 0.938. The second-order valence-electron chi connectivity index (χ2n) is 3.89. The SMILES string of the molecule is C=CCN(CCC)C(=O)n1cnc(S(=O)(=O)CC)n1. The number of carbonyl (C=O) groups is 1. The van der Waals surface area contributed by atoms with Gasteiger partial charge in [-0.25, -0.2) is 18.2 Å². The van der Waals surface area contributed by atoms with E-state index in [9.17, 15) is 13.2 Å². The second-order valence-corrected chi connectivity index (χ2v) is 6.06. The molecule has 106 valence electrons. The van der Waals surface area contributed by atoms with E-state index in [0.29, 0.717) is 13.1 Å². The first kappa shape index (κ1) is 15.4. The number of hydrogen-bond donors (Lipinski definition) is 0. The molecule has 0 aromatic carbocycles. The maximum absolute atomic E-state index is 12.1. The molecule has 0 unspecified atom stereocenters. The van der Waals surface area contributed by atoms with Gasteiger partial charge in [0, 0.05) is 13.1 Å². The van der Waals surface area contributed by atoms with Gasteiger partial charge in [-0.05, 0) is 6.42 Å². The lowest BCUT2D eigenvalue weighted by Crippen LogP contribution is -2.35. The van der Waals surface area contributed by atoms with Gasteiger partial charge < -0.3 is 4.90 Å². The molecule has 0 saturated carbocycles. The van der Waals surface area contributed by atoms with Crippen LogP contribution in [0.4, 0.5) is 4.79 Å². The summed E-state index contributed by atoms with van der Waals surface area (Å²) in [6.45, 7) is 7.94. The first-order valence-electron chi connectivity index (χ1n) is 6.00. The Morgan fingerprint density at radius 2 is 2.21 bits per heavy atom. The number of amides is 1. The molecule has 0 radical (unpaired) electrons. The van der Waals surface area contributed by atoms with Crippen LogP contribution in [-0.4, -0.2) is 53.0 Å². The van der Waals surface area contributed by atoms with Crippen molar-refractivity contribution in [1.29, 1.82) is 0 Å². The van der Waals surface area contributed by atoms with Crippen LogP contribution in [0.3, 0.4) is 0 Å². The summed E-state index contributed by atoms with van der Waals surface area (Å²) in [6, 6.07) is -0.410. The molecule has 0 bridgehead atoms. The molecule has 0 N–H and O–H groups in total. The van der Waals surface area contributed by atoms with Crippen molar-refractivity contribution in [1.82, 2.24) is 19.7 Å². The highest BCUT2D eigenvalue weighted by atomic mass is 32.2. The number of sulfone groups is 1. The highest BCUT2D eigenvalue weighted by Crippen LogP contribution is 2.05. The fourth-order valence-corrected chi connectivity index (χ4v) is 2.13. The fourth-order valence-electron chi connectivity index (χ4n) is 1.45. The van der Waals surface area contributed by atoms with E-state index in [4.69, 9.17) is 0 Å². The van der Waals surface area contributed by atoms with Crippen LogP contribution in [-0.2, 0) is 9.84 Å². The standard InChI is InChI=1S/C11H18N4O3S/c1-4-7-14(8-5-2)11(16)15-9-12-10(13-15)19(17,18)6-3/h4,9H,1,5-8H2,2-3H3. The van der Waals surface area contributed by atoms with Crippen LogP contribution in [0.2, 0.25) is 0 Å². The van der Waals surface area contributed by atoms with E-state index in [1.807, 2.05) is 6.92 Å². The van der Waals surface area contributed by atoms with E-state index in [1.165, 1.54) is 11.8 Å². The Morgan fingerprint density at radius 3 is 2.74 bits per heavy atom. The third kappa shape index (κ3) is 3.63. The number of nitrogens with zero attached hydrogens (tertiary/aromatic N) is 4. The number of hydrogen-bond acceptors (Lipinski definition) is 5. The molecule has 0 fully saturated rings. The summed E-state index contributed by atoms with van der Waals surface area (Å²) in [5.41, 5.74) is 0. The van der Waals surface area contributed by atoms with Gasteiger partial charge in [0.25, 0.3) is 5.16 Å². The average Bonchev–Trinajstić information content (AvgIpc) is 2.88. The zero-order chi connectivity index (χ0) is 14.5. The van der Waals surface area contributed by atoms with Crippen LogP contribution in [0.1, 0.15) is 20.3 Å². The lowest BCUT2D eigenvalue weighted by molar-refractivity contribution is 0.201. The molecule has 0 aliphatic heterocycles. The van der Waals surface area contributed by atoms with E-state index in [-0.39, 0.29) is 10.9 Å². The van der Waals surface area contributed by atoms with Crippen LogP contribution in [0.15, 0.2) is 24.1 Å². The van der Waals surface area contributed by atoms with Gasteiger partial charge in [-0.3, -0.25) is 0 Å². The number of carbonyl (C=O) groups excluding carboxylic acids is 1. The Kier molecular flexibility index (Phi) is 5.22. The summed E-state index contributed by atoms with van der Waals surface area (Å²) in [5.74, 6) is -0.101. The Hall–Kier alpha value is -1.70. The molecule has 8 heteroatoms. The Bertz CT molecular complexity index is 550. The lowest BCUT2D eigenvalue weighted by atomic mass is 10.4. The molecule has 1 amide bonds. The molecule has 0 saturated heterocycles. The smallest absolute Gasteiger partial charge is 0.319 e. The Balaban J connectivity index is 2.97. The van der Waals surface area contributed by atoms with Gasteiger partial charge in [-0.15, -0.1) is 11.7 Å². The van der Waals surface area contributed by atoms with Gasteiger partial charge in [-0.1, -0.05) is 19.9 Å². The van der Waals surface area contributed by atoms with Crippen molar-refractivity contribution in [2.45, 2.75) is 25.4 Å². The van der Waals surface area contributed by atoms with Gasteiger partial charge in [0.2, 0.25) is 9.84 Å². The first-order valence-corrected chi connectivity index (χ1v) is 7.66. The van der Waals surface area contributed by atoms with Crippen LogP contribution in [0.25, 0.3) is 0 Å². The van der Waals surface area contributed by atoms with Crippen LogP contribution < -0.4 is 0 Å². The van der Waals surface area contributed by atoms with Gasteiger partial charge in [0.1, 0.15) is 6.33 Å². The summed E-state index contributed by atoms with van der Waals surface area (Å²) >= 11 is 0. The molecular weight excluding hydrogens is 268 g/mol. The highest BCUT2D eigenvalue weighted by molar-refractivity contribution is 7.91. The lowest BCUT2D eigenvalue weighted by Gasteiger charge is -2.19. The summed E-state index contributed by atoms with van der Waals surface area (Å²) in [6.07, 6.45) is 3.51. The monoisotopic (exact) mass is 286 g/mol. The second kappa shape index (κ2) is 6.46. The zero-order valence-electron chi connectivity index (χ0n) is 11.1. The molecule has 1 aromatic rings. The van der Waals surface area contributed by atoms with Crippen molar-refractivity contribution in [2.75, 3.05) is 18.8 Å². The molecule has 7 nitrogen and oxygen atoms in total. The van der Waals surface area contributed by atoms with Gasteiger partial charge in [-0.2, -0.15) is 4.68 Å². The minimum absolute atomic E-state index is 0.101. The maximum Gasteiger partial charge on any atom is 0.346 e. The van der Waals surface area contributed by atoms with Crippen molar-refractivity contribution in [3.05, 3.63) is 19.0 Å². The van der Waals surface area contributed by atoms with Crippen molar-refractivity contribution < 1.29 is 13.2 Å². The van der Waals surface area contributed by atoms with E-state index >= 15 is 0 Å². The molecule has 1 rings (SSSR count). The average molecular weight is 286 g/mol. The van der Waals surface area contributed by atoms with Crippen LogP contribution in [0.5, 0.6) is 0 Å². The molecule has 0 atom stereocenters. The van der Waals surface area contributed by atoms with E-state index in [2.05, 4.69) is 16.7 Å². The molecule has 1 heterocycles. The van der Waals surface area contributed by atoms with Gasteiger partial charge in [0.05, 0.1) is 5.75 Å². The predicted molar refractivity (Wildman–Crippen MR) is 70.6 cm³/mol. The van der Waals surface area contributed by atoms with Crippen molar-refractivity contribution in [3.63, 3.8) is 0 Å². The topological polar surface area (TPSA) is 85.2 Å². The van der Waals surface area contributed by atoms with Crippen molar-refractivity contribution in [2.24, 2.45) is 0 Å². The van der Waals surface area contributed by atoms with E-state index in [0.717, 1.165) is 17.4 Å². The van der Waals surface area contributed by atoms with Crippen LogP contribution in [0, 0.1) is 0 Å². The Labute approximate surface area is 112 Å². The normalized spacial score (nSPS) is 11.3. The number of aromatic nitrogens is 3. The molecule has 0 spiro atoms. The maximum atomic E-state index is 12.1. The van der Waals surface area contributed by atoms with E-state index in [1.54, 1.807) is 6.08 Å². The van der Waals surface area contributed by atoms with Crippen LogP contribution >= 0.6 is 0 Å². The van der Waals surface area contributed by atoms with Crippen molar-refractivity contribution >= 4 is 15.9 Å². The number of rotatable bonds is 6. The summed E-state index contributed by atoms with van der Waals surface area (Å²) < 4.78 is 24.1. The largest absolute Gasteiger partial charge is 0.346 e. The Morgan fingerprint density at radius 1 is 1.53 bits per heavy atom.